The number of ether oxygens (including phenoxy) is 1. The van der Waals surface area contributed by atoms with Gasteiger partial charge in [0.15, 0.2) is 0 Å². The number of nitrogens with zero attached hydrogens (tertiary/aromatic N) is 1. The molecule has 0 radical (unpaired) electrons. The maximum atomic E-state index is 12.5. The van der Waals surface area contributed by atoms with Crippen LogP contribution in [0.25, 0.3) is 0 Å². The zero-order valence-electron chi connectivity index (χ0n) is 11.2. The second-order valence-corrected chi connectivity index (χ2v) is 7.26. The van der Waals surface area contributed by atoms with Crippen LogP contribution in [-0.4, -0.2) is 38.9 Å². The van der Waals surface area contributed by atoms with E-state index in [0.717, 1.165) is 0 Å². The van der Waals surface area contributed by atoms with Gasteiger partial charge in [-0.3, -0.25) is 4.79 Å². The van der Waals surface area contributed by atoms with Crippen molar-refractivity contribution in [3.8, 4) is 0 Å². The van der Waals surface area contributed by atoms with Gasteiger partial charge in [0.05, 0.1) is 17.9 Å². The minimum absolute atomic E-state index is 0.0653. The quantitative estimate of drug-likeness (QED) is 0.797. The Labute approximate surface area is 123 Å². The highest BCUT2D eigenvalue weighted by atomic mass is 35.5. The predicted octanol–water partition coefficient (Wildman–Crippen LogP) is 1.77. The van der Waals surface area contributed by atoms with Crippen molar-refractivity contribution in [2.45, 2.75) is 11.8 Å². The van der Waals surface area contributed by atoms with Crippen molar-refractivity contribution in [1.29, 1.82) is 0 Å². The summed E-state index contributed by atoms with van der Waals surface area (Å²) in [6, 6.07) is 6.00. The van der Waals surface area contributed by atoms with E-state index in [1.54, 1.807) is 0 Å². The fourth-order valence-corrected chi connectivity index (χ4v) is 4.02. The van der Waals surface area contributed by atoms with Crippen molar-refractivity contribution in [2.24, 2.45) is 11.8 Å². The van der Waals surface area contributed by atoms with Gasteiger partial charge in [0.1, 0.15) is 0 Å². The first-order valence-corrected chi connectivity index (χ1v) is 8.01. The van der Waals surface area contributed by atoms with E-state index in [1.807, 2.05) is 6.92 Å². The third-order valence-corrected chi connectivity index (χ3v) is 5.63. The lowest BCUT2D eigenvalue weighted by Gasteiger charge is -2.16. The molecule has 2 rings (SSSR count). The Morgan fingerprint density at radius 3 is 2.45 bits per heavy atom. The molecule has 1 aromatic rings. The molecule has 20 heavy (non-hydrogen) atoms. The fourth-order valence-electron chi connectivity index (χ4n) is 2.33. The number of hydrogen-bond donors (Lipinski definition) is 0. The first-order chi connectivity index (χ1) is 9.36. The molecule has 110 valence electrons. The Hall–Kier alpha value is -1.11. The Morgan fingerprint density at radius 1 is 1.30 bits per heavy atom. The summed E-state index contributed by atoms with van der Waals surface area (Å²) in [4.78, 5) is 11.8. The first kappa shape index (κ1) is 15.3. The van der Waals surface area contributed by atoms with Crippen LogP contribution in [0, 0.1) is 11.8 Å². The van der Waals surface area contributed by atoms with Gasteiger partial charge in [0.25, 0.3) is 0 Å². The van der Waals surface area contributed by atoms with Gasteiger partial charge in [0.2, 0.25) is 10.0 Å². The molecular formula is C13H16ClNO4S. The van der Waals surface area contributed by atoms with E-state index in [9.17, 15) is 13.2 Å². The van der Waals surface area contributed by atoms with Crippen molar-refractivity contribution < 1.29 is 17.9 Å². The molecule has 1 heterocycles. The molecule has 1 aromatic carbocycles. The largest absolute Gasteiger partial charge is 0.469 e. The zero-order chi connectivity index (χ0) is 14.9. The summed E-state index contributed by atoms with van der Waals surface area (Å²) < 4.78 is 31.0. The standard InChI is InChI=1S/C13H16ClNO4S/c1-9-7-15(8-12(9)13(16)19-2)20(17,18)11-5-3-10(14)4-6-11/h3-6,9,12H,7-8H2,1-2H3. The van der Waals surface area contributed by atoms with Gasteiger partial charge in [-0.2, -0.15) is 4.31 Å². The molecule has 1 fully saturated rings. The number of carbonyl (C=O) groups excluding carboxylic acids is 1. The average Bonchev–Trinajstić information content (AvgIpc) is 2.81. The van der Waals surface area contributed by atoms with E-state index in [1.165, 1.54) is 35.7 Å². The zero-order valence-corrected chi connectivity index (χ0v) is 12.8. The van der Waals surface area contributed by atoms with Gasteiger partial charge in [-0.1, -0.05) is 18.5 Å². The lowest BCUT2D eigenvalue weighted by Crippen LogP contribution is -2.30. The molecule has 0 aliphatic carbocycles. The number of halogens is 1. The molecular weight excluding hydrogens is 302 g/mol. The average molecular weight is 318 g/mol. The van der Waals surface area contributed by atoms with Crippen LogP contribution in [0.1, 0.15) is 6.92 Å². The molecule has 0 spiro atoms. The number of carbonyl (C=O) groups is 1. The molecule has 0 bridgehead atoms. The summed E-state index contributed by atoms with van der Waals surface area (Å²) in [6.07, 6.45) is 0. The maximum absolute atomic E-state index is 12.5. The highest BCUT2D eigenvalue weighted by Gasteiger charge is 2.41. The lowest BCUT2D eigenvalue weighted by molar-refractivity contribution is -0.145. The molecule has 5 nitrogen and oxygen atoms in total. The smallest absolute Gasteiger partial charge is 0.310 e. The van der Waals surface area contributed by atoms with Crippen molar-refractivity contribution in [3.63, 3.8) is 0 Å². The minimum atomic E-state index is -3.60. The van der Waals surface area contributed by atoms with E-state index in [0.29, 0.717) is 11.6 Å². The SMILES string of the molecule is COC(=O)C1CN(S(=O)(=O)c2ccc(Cl)cc2)CC1C. The van der Waals surface area contributed by atoms with Crippen molar-refractivity contribution in [1.82, 2.24) is 4.31 Å². The van der Waals surface area contributed by atoms with Crippen molar-refractivity contribution >= 4 is 27.6 Å². The second kappa shape index (κ2) is 5.71. The number of esters is 1. The summed E-state index contributed by atoms with van der Waals surface area (Å²) >= 11 is 5.76. The number of methoxy groups -OCH3 is 1. The molecule has 0 N–H and O–H groups in total. The van der Waals surface area contributed by atoms with Crippen LogP contribution >= 0.6 is 11.6 Å². The molecule has 7 heteroatoms. The summed E-state index contributed by atoms with van der Waals surface area (Å²) in [5.74, 6) is -0.849. The molecule has 2 unspecified atom stereocenters. The number of sulfonamides is 1. The van der Waals surface area contributed by atoms with Gasteiger partial charge in [-0.25, -0.2) is 8.42 Å². The highest BCUT2D eigenvalue weighted by molar-refractivity contribution is 7.89. The molecule has 0 amide bonds. The van der Waals surface area contributed by atoms with Gasteiger partial charge in [0, 0.05) is 18.1 Å². The van der Waals surface area contributed by atoms with E-state index in [-0.39, 0.29) is 23.3 Å². The van der Waals surface area contributed by atoms with Crippen LogP contribution in [0.5, 0.6) is 0 Å². The van der Waals surface area contributed by atoms with Gasteiger partial charge in [-0.15, -0.1) is 0 Å². The third-order valence-electron chi connectivity index (χ3n) is 3.53. The minimum Gasteiger partial charge on any atom is -0.469 e. The van der Waals surface area contributed by atoms with E-state index in [2.05, 4.69) is 0 Å². The first-order valence-electron chi connectivity index (χ1n) is 6.20. The summed E-state index contributed by atoms with van der Waals surface area (Å²) in [5.41, 5.74) is 0. The van der Waals surface area contributed by atoms with Crippen LogP contribution in [0.2, 0.25) is 5.02 Å². The Bertz CT molecular complexity index is 599. The Balaban J connectivity index is 2.24. The highest BCUT2D eigenvalue weighted by Crippen LogP contribution is 2.29. The molecule has 1 aliphatic heterocycles. The molecule has 1 saturated heterocycles. The monoisotopic (exact) mass is 317 g/mol. The topological polar surface area (TPSA) is 63.7 Å². The molecule has 1 aliphatic rings. The maximum Gasteiger partial charge on any atom is 0.310 e. The van der Waals surface area contributed by atoms with Crippen LogP contribution in [-0.2, 0) is 19.6 Å². The van der Waals surface area contributed by atoms with E-state index in [4.69, 9.17) is 16.3 Å². The lowest BCUT2D eigenvalue weighted by atomic mass is 9.99. The van der Waals surface area contributed by atoms with Gasteiger partial charge < -0.3 is 4.74 Å². The number of rotatable bonds is 3. The normalized spacial score (nSPS) is 23.8. The Morgan fingerprint density at radius 2 is 1.90 bits per heavy atom. The summed E-state index contributed by atoms with van der Waals surface area (Å²) in [5, 5.41) is 0.478. The van der Waals surface area contributed by atoms with E-state index < -0.39 is 15.9 Å². The van der Waals surface area contributed by atoms with Crippen molar-refractivity contribution in [2.75, 3.05) is 20.2 Å². The predicted molar refractivity (Wildman–Crippen MR) is 74.9 cm³/mol. The van der Waals surface area contributed by atoms with Crippen LogP contribution in [0.3, 0.4) is 0 Å². The summed E-state index contributed by atoms with van der Waals surface area (Å²) in [7, 11) is -2.29. The van der Waals surface area contributed by atoms with Crippen molar-refractivity contribution in [3.05, 3.63) is 29.3 Å². The van der Waals surface area contributed by atoms with Gasteiger partial charge in [-0.05, 0) is 30.2 Å². The van der Waals surface area contributed by atoms with Crippen LogP contribution in [0.4, 0.5) is 0 Å². The third kappa shape index (κ3) is 2.82. The number of benzene rings is 1. The number of hydrogen-bond acceptors (Lipinski definition) is 4. The van der Waals surface area contributed by atoms with Gasteiger partial charge >= 0.3 is 5.97 Å². The second-order valence-electron chi connectivity index (χ2n) is 4.88. The molecule has 2 atom stereocenters. The van der Waals surface area contributed by atoms with Crippen LogP contribution in [0.15, 0.2) is 29.2 Å². The molecule has 0 aromatic heterocycles. The van der Waals surface area contributed by atoms with Crippen LogP contribution < -0.4 is 0 Å². The van der Waals surface area contributed by atoms with E-state index >= 15 is 0 Å². The Kier molecular flexibility index (Phi) is 4.36. The fraction of sp³-hybridized carbons (Fsp3) is 0.462. The summed E-state index contributed by atoms with van der Waals surface area (Å²) in [6.45, 7) is 2.31. The molecule has 0 saturated carbocycles.